The van der Waals surface area contributed by atoms with E-state index in [-0.39, 0.29) is 21.2 Å². The van der Waals surface area contributed by atoms with E-state index in [0.717, 1.165) is 12.0 Å². The molecule has 0 atom stereocenters. The zero-order chi connectivity index (χ0) is 40.4. The van der Waals surface area contributed by atoms with Crippen molar-refractivity contribution >= 4 is 90.5 Å². The molecular weight excluding hydrogens is 803 g/mol. The first-order valence-electron chi connectivity index (χ1n) is 16.1. The number of phenolic OH excluding ortho intramolecular Hbond substituents is 1. The quantitative estimate of drug-likeness (QED) is 0.0200. The molecule has 0 aromatic heterocycles. The molecule has 0 radical (unpaired) electrons. The van der Waals surface area contributed by atoms with Crippen LogP contribution in [-0.4, -0.2) is 35.7 Å². The molecule has 0 spiro atoms. The summed E-state index contributed by atoms with van der Waals surface area (Å²) in [5.74, 6) is 0.136. The molecule has 6 aromatic carbocycles. The van der Waals surface area contributed by atoms with Crippen LogP contribution in [0, 0.1) is 6.92 Å². The average Bonchev–Trinajstić information content (AvgIpc) is 3.21. The van der Waals surface area contributed by atoms with Gasteiger partial charge in [0.25, 0.3) is 10.1 Å². The van der Waals surface area contributed by atoms with Crippen LogP contribution in [-0.2, 0) is 28.9 Å². The van der Waals surface area contributed by atoms with Gasteiger partial charge in [-0.05, 0) is 103 Å². The largest absolute Gasteiger partial charge is 0.505 e. The number of ether oxygens (including phenoxy) is 1. The van der Waals surface area contributed by atoms with Gasteiger partial charge in [0.1, 0.15) is 17.1 Å². The first-order valence-corrected chi connectivity index (χ1v) is 19.0. The number of nitrogens with one attached hydrogen (secondary N) is 1. The number of hydrogen-bond donors (Lipinski definition) is 5. The number of hydrogen-bond acceptors (Lipinski definition) is 19. The molecule has 0 saturated heterocycles. The van der Waals surface area contributed by atoms with E-state index < -0.39 is 10.1 Å². The highest BCUT2D eigenvalue weighted by Gasteiger charge is 2.17. The van der Waals surface area contributed by atoms with Crippen LogP contribution in [0.3, 0.4) is 0 Å². The molecule has 0 saturated carbocycles. The van der Waals surface area contributed by atoms with Gasteiger partial charge in [-0.1, -0.05) is 28.3 Å². The van der Waals surface area contributed by atoms with Gasteiger partial charge in [-0.25, -0.2) is 10.5 Å². The van der Waals surface area contributed by atoms with Crippen LogP contribution in [0.4, 0.5) is 45.5 Å². The Hall–Kier alpha value is -5.85. The lowest BCUT2D eigenvalue weighted by Crippen LogP contribution is -1.99. The van der Waals surface area contributed by atoms with Crippen LogP contribution in [0.1, 0.15) is 5.56 Å². The Balaban J connectivity index is 1.20. The van der Waals surface area contributed by atoms with Crippen molar-refractivity contribution in [2.45, 2.75) is 21.6 Å². The summed E-state index contributed by atoms with van der Waals surface area (Å²) in [5.41, 5.74) is 4.00. The van der Waals surface area contributed by atoms with Crippen LogP contribution in [0.15, 0.2) is 155 Å². The van der Waals surface area contributed by atoms with Gasteiger partial charge in [0.15, 0.2) is 5.75 Å². The van der Waals surface area contributed by atoms with Gasteiger partial charge < -0.3 is 15.2 Å². The van der Waals surface area contributed by atoms with Gasteiger partial charge in [0, 0.05) is 27.7 Å². The Labute approximate surface area is 332 Å². The minimum Gasteiger partial charge on any atom is -0.505 e. The van der Waals surface area contributed by atoms with Crippen LogP contribution in [0.25, 0.3) is 10.8 Å². The summed E-state index contributed by atoms with van der Waals surface area (Å²) in [4.78, 5) is 0.609. The Bertz CT molecular complexity index is 2610. The topological polar surface area (TPSA) is 247 Å². The summed E-state index contributed by atoms with van der Waals surface area (Å²) in [7, 11) is -2.92. The second-order valence-corrected chi connectivity index (χ2v) is 14.5. The second-order valence-electron chi connectivity index (χ2n) is 11.5. The number of methoxy groups -OCH3 is 1. The molecule has 0 fully saturated rings. The molecule has 6 aromatic rings. The number of benzene rings is 6. The standard InChI is InChI=1S/C36H29N7O11S3/c1-21-15-26(11-13-31(21)41-42-32-14-12-27(20-33(32)50-2)39-38-25-6-3-7-28(17-25)55-53-51-45)40-43-35-34(56-54-52-46)16-22-9-10-24(19-30(22)36(35)44)37-23-5-4-8-29(18-23)57(47,48)49/h3-20,37,44-46H,1-2H3,(H,47,48,49). The molecule has 0 heterocycles. The molecule has 0 bridgehead atoms. The Morgan fingerprint density at radius 1 is 0.667 bits per heavy atom. The minimum atomic E-state index is -4.42. The maximum absolute atomic E-state index is 11.6. The summed E-state index contributed by atoms with van der Waals surface area (Å²) >= 11 is 1.40. The average molecular weight is 832 g/mol. The Kier molecular flexibility index (Phi) is 13.5. The number of rotatable bonds is 16. The first-order chi connectivity index (χ1) is 27.5. The highest BCUT2D eigenvalue weighted by Crippen LogP contribution is 2.45. The summed E-state index contributed by atoms with van der Waals surface area (Å²) in [6.45, 7) is 1.81. The minimum absolute atomic E-state index is 0.00170. The van der Waals surface area contributed by atoms with Crippen molar-refractivity contribution in [1.82, 2.24) is 0 Å². The third kappa shape index (κ3) is 10.7. The monoisotopic (exact) mass is 831 g/mol. The number of azo groups is 3. The first kappa shape index (κ1) is 40.8. The maximum Gasteiger partial charge on any atom is 0.294 e. The lowest BCUT2D eigenvalue weighted by molar-refractivity contribution is -0.432. The fourth-order valence-electron chi connectivity index (χ4n) is 5.14. The van der Waals surface area contributed by atoms with E-state index in [1.165, 1.54) is 25.3 Å². The fourth-order valence-corrected chi connectivity index (χ4v) is 6.57. The summed E-state index contributed by atoms with van der Waals surface area (Å²) in [6, 6.07) is 29.3. The molecular formula is C36H29N7O11S3. The van der Waals surface area contributed by atoms with Crippen LogP contribution in [0.2, 0.25) is 0 Å². The molecule has 292 valence electrons. The van der Waals surface area contributed by atoms with E-state index in [9.17, 15) is 18.1 Å². The normalized spacial score (nSPS) is 12.0. The maximum atomic E-state index is 11.6. The molecule has 6 rings (SSSR count). The van der Waals surface area contributed by atoms with Crippen LogP contribution >= 0.6 is 24.1 Å². The van der Waals surface area contributed by atoms with Crippen molar-refractivity contribution in [1.29, 1.82) is 0 Å². The zero-order valence-corrected chi connectivity index (χ0v) is 31.9. The van der Waals surface area contributed by atoms with Crippen molar-refractivity contribution in [3.63, 3.8) is 0 Å². The summed E-state index contributed by atoms with van der Waals surface area (Å²) in [6.07, 6.45) is 0. The molecule has 21 heteroatoms. The van der Waals surface area contributed by atoms with Gasteiger partial charge in [0.2, 0.25) is 0 Å². The van der Waals surface area contributed by atoms with Crippen molar-refractivity contribution in [3.8, 4) is 11.5 Å². The lowest BCUT2D eigenvalue weighted by atomic mass is 10.1. The van der Waals surface area contributed by atoms with E-state index in [2.05, 4.69) is 54.7 Å². The molecule has 18 nitrogen and oxygen atoms in total. The van der Waals surface area contributed by atoms with Gasteiger partial charge >= 0.3 is 0 Å². The summed E-state index contributed by atoms with van der Waals surface area (Å²) < 4.78 is 47.2. The smallest absolute Gasteiger partial charge is 0.294 e. The number of phenols is 1. The third-order valence-electron chi connectivity index (χ3n) is 7.76. The van der Waals surface area contributed by atoms with Gasteiger partial charge in [-0.3, -0.25) is 4.55 Å². The second kappa shape index (κ2) is 18.9. The summed E-state index contributed by atoms with van der Waals surface area (Å²) in [5, 5.41) is 65.7. The van der Waals surface area contributed by atoms with Gasteiger partial charge in [0.05, 0.1) is 63.7 Å². The van der Waals surface area contributed by atoms with Crippen molar-refractivity contribution in [2.24, 2.45) is 30.7 Å². The zero-order valence-electron chi connectivity index (χ0n) is 29.4. The molecule has 0 aliphatic rings. The Morgan fingerprint density at radius 3 is 2.07 bits per heavy atom. The van der Waals surface area contributed by atoms with E-state index >= 15 is 0 Å². The predicted molar refractivity (Wildman–Crippen MR) is 210 cm³/mol. The third-order valence-corrected chi connectivity index (χ3v) is 9.81. The van der Waals surface area contributed by atoms with Crippen molar-refractivity contribution in [3.05, 3.63) is 115 Å². The predicted octanol–water partition coefficient (Wildman–Crippen LogP) is 12.0. The fraction of sp³-hybridized carbons (Fsp3) is 0.0556. The molecule has 5 N–H and O–H groups in total. The highest BCUT2D eigenvalue weighted by molar-refractivity contribution is 7.95. The molecule has 0 aliphatic carbocycles. The van der Waals surface area contributed by atoms with E-state index in [1.807, 2.05) is 6.92 Å². The van der Waals surface area contributed by atoms with Crippen molar-refractivity contribution < 1.29 is 52.1 Å². The molecule has 57 heavy (non-hydrogen) atoms. The number of aromatic hydroxyl groups is 1. The lowest BCUT2D eigenvalue weighted by Gasteiger charge is -2.12. The highest BCUT2D eigenvalue weighted by atomic mass is 32.2. The molecule has 0 unspecified atom stereocenters. The van der Waals surface area contributed by atoms with E-state index in [0.29, 0.717) is 78.8 Å². The van der Waals surface area contributed by atoms with Gasteiger partial charge in [-0.15, -0.1) is 18.9 Å². The van der Waals surface area contributed by atoms with E-state index in [1.54, 1.807) is 91.0 Å². The number of nitrogens with zero attached hydrogens (tertiary/aromatic N) is 6. The van der Waals surface area contributed by atoms with Crippen LogP contribution in [0.5, 0.6) is 11.5 Å². The number of fused-ring (bicyclic) bond motifs is 1. The van der Waals surface area contributed by atoms with E-state index in [4.69, 9.17) is 15.3 Å². The molecule has 0 amide bonds. The van der Waals surface area contributed by atoms with Crippen LogP contribution < -0.4 is 10.1 Å². The Morgan fingerprint density at radius 2 is 1.33 bits per heavy atom. The van der Waals surface area contributed by atoms with Gasteiger partial charge in [-0.2, -0.15) is 28.9 Å². The molecule has 0 aliphatic heterocycles. The SMILES string of the molecule is COc1cc(N=Nc2cccc(SOOO)c2)ccc1N=Nc1ccc(N=Nc2c(SOOO)cc3ccc(Nc4cccc(S(=O)(=O)O)c4)cc3c2O)cc1C. The van der Waals surface area contributed by atoms with Crippen molar-refractivity contribution in [2.75, 3.05) is 12.4 Å². The number of aryl methyl sites for hydroxylation is 1. The number of anilines is 2.